The van der Waals surface area contributed by atoms with Crippen molar-refractivity contribution in [2.24, 2.45) is 5.92 Å². The number of para-hydroxylation sites is 2. The van der Waals surface area contributed by atoms with Crippen LogP contribution in [0.5, 0.6) is 0 Å². The molecule has 0 bridgehead atoms. The number of imidazole rings is 1. The summed E-state index contributed by atoms with van der Waals surface area (Å²) in [5.41, 5.74) is 4.75. The lowest BCUT2D eigenvalue weighted by atomic mass is 10.0. The van der Waals surface area contributed by atoms with Gasteiger partial charge in [0.15, 0.2) is 0 Å². The van der Waals surface area contributed by atoms with Gasteiger partial charge >= 0.3 is 0 Å². The molecule has 0 aliphatic heterocycles. The van der Waals surface area contributed by atoms with Gasteiger partial charge in [-0.1, -0.05) is 37.8 Å². The van der Waals surface area contributed by atoms with E-state index in [4.69, 9.17) is 0 Å². The van der Waals surface area contributed by atoms with Gasteiger partial charge in [-0.15, -0.1) is 0 Å². The first-order chi connectivity index (χ1) is 9.33. The van der Waals surface area contributed by atoms with Gasteiger partial charge in [-0.3, -0.25) is 10.2 Å². The summed E-state index contributed by atoms with van der Waals surface area (Å²) in [6, 6.07) is 7.79. The summed E-state index contributed by atoms with van der Waals surface area (Å²) < 4.78 is 1.71. The predicted molar refractivity (Wildman–Crippen MR) is 75.3 cm³/mol. The Bertz CT molecular complexity index is 570. The second kappa shape index (κ2) is 5.43. The van der Waals surface area contributed by atoms with E-state index in [1.807, 2.05) is 24.3 Å². The third-order valence-corrected chi connectivity index (χ3v) is 3.95. The fourth-order valence-electron chi connectivity index (χ4n) is 2.87. The van der Waals surface area contributed by atoms with E-state index in [9.17, 15) is 4.79 Å². The van der Waals surface area contributed by atoms with E-state index in [1.54, 1.807) is 11.0 Å². The Morgan fingerprint density at radius 3 is 2.95 bits per heavy atom. The Morgan fingerprint density at radius 2 is 2.11 bits per heavy atom. The van der Waals surface area contributed by atoms with Crippen molar-refractivity contribution < 1.29 is 4.79 Å². The normalized spacial score (nSPS) is 16.0. The molecule has 1 aliphatic rings. The van der Waals surface area contributed by atoms with Crippen LogP contribution in [-0.2, 0) is 4.79 Å². The second-order valence-electron chi connectivity index (χ2n) is 5.33. The van der Waals surface area contributed by atoms with Crippen LogP contribution in [0, 0.1) is 5.92 Å². The van der Waals surface area contributed by atoms with Crippen molar-refractivity contribution >= 4 is 16.9 Å². The van der Waals surface area contributed by atoms with Crippen molar-refractivity contribution in [1.82, 2.24) is 9.66 Å². The Kier molecular flexibility index (Phi) is 3.49. The van der Waals surface area contributed by atoms with Gasteiger partial charge in [0.25, 0.3) is 0 Å². The molecule has 4 heteroatoms. The molecule has 1 heterocycles. The summed E-state index contributed by atoms with van der Waals surface area (Å²) in [5.74, 6) is 0.834. The lowest BCUT2D eigenvalue weighted by molar-refractivity contribution is -0.117. The molecule has 1 aliphatic carbocycles. The molecule has 1 aromatic carbocycles. The minimum Gasteiger partial charge on any atom is -0.273 e. The first kappa shape index (κ1) is 12.2. The zero-order valence-corrected chi connectivity index (χ0v) is 11.0. The van der Waals surface area contributed by atoms with Crippen LogP contribution >= 0.6 is 0 Å². The van der Waals surface area contributed by atoms with Gasteiger partial charge in [-0.2, -0.15) is 0 Å². The van der Waals surface area contributed by atoms with Gasteiger partial charge in [0.1, 0.15) is 6.33 Å². The Balaban J connectivity index is 1.59. The molecule has 3 rings (SSSR count). The van der Waals surface area contributed by atoms with Crippen molar-refractivity contribution in [1.29, 1.82) is 0 Å². The van der Waals surface area contributed by atoms with Crippen LogP contribution in [0.15, 0.2) is 30.6 Å². The Labute approximate surface area is 112 Å². The molecule has 1 aromatic heterocycles. The molecule has 0 unspecified atom stereocenters. The van der Waals surface area contributed by atoms with Crippen molar-refractivity contribution in [3.8, 4) is 0 Å². The van der Waals surface area contributed by atoms with Crippen LogP contribution in [0.2, 0.25) is 0 Å². The molecule has 0 radical (unpaired) electrons. The summed E-state index contributed by atoms with van der Waals surface area (Å²) in [6.07, 6.45) is 8.53. The highest BCUT2D eigenvalue weighted by atomic mass is 16.2. The predicted octanol–water partition coefficient (Wildman–Crippen LogP) is 3.08. The highest BCUT2D eigenvalue weighted by Gasteiger charge is 2.16. The van der Waals surface area contributed by atoms with E-state index in [-0.39, 0.29) is 5.91 Å². The average molecular weight is 257 g/mol. The zero-order chi connectivity index (χ0) is 13.1. The minimum absolute atomic E-state index is 0.0788. The first-order valence-electron chi connectivity index (χ1n) is 7.05. The average Bonchev–Trinajstić information content (AvgIpc) is 3.07. The molecule has 1 fully saturated rings. The van der Waals surface area contributed by atoms with E-state index < -0.39 is 0 Å². The lowest BCUT2D eigenvalue weighted by Crippen LogP contribution is -2.22. The molecule has 100 valence electrons. The summed E-state index contributed by atoms with van der Waals surface area (Å²) in [6.45, 7) is 0. The maximum atomic E-state index is 12.0. The summed E-state index contributed by atoms with van der Waals surface area (Å²) in [4.78, 5) is 16.2. The molecule has 4 nitrogen and oxygen atoms in total. The van der Waals surface area contributed by atoms with E-state index in [0.29, 0.717) is 6.42 Å². The molecule has 0 spiro atoms. The monoisotopic (exact) mass is 257 g/mol. The third-order valence-electron chi connectivity index (χ3n) is 3.95. The van der Waals surface area contributed by atoms with Crippen LogP contribution in [0.1, 0.15) is 38.5 Å². The molecule has 0 atom stereocenters. The molecule has 2 aromatic rings. The fraction of sp³-hybridized carbons (Fsp3) is 0.467. The van der Waals surface area contributed by atoms with E-state index >= 15 is 0 Å². The van der Waals surface area contributed by atoms with Crippen LogP contribution in [0.25, 0.3) is 11.0 Å². The molecule has 1 N–H and O–H groups in total. The number of aromatic nitrogens is 2. The van der Waals surface area contributed by atoms with Crippen LogP contribution in [0.4, 0.5) is 0 Å². The molecule has 0 saturated heterocycles. The van der Waals surface area contributed by atoms with E-state index in [1.165, 1.54) is 25.7 Å². The van der Waals surface area contributed by atoms with Crippen LogP contribution in [-0.4, -0.2) is 15.6 Å². The van der Waals surface area contributed by atoms with Crippen LogP contribution < -0.4 is 5.43 Å². The van der Waals surface area contributed by atoms with Crippen molar-refractivity contribution in [3.05, 3.63) is 30.6 Å². The maximum Gasteiger partial charge on any atom is 0.238 e. The van der Waals surface area contributed by atoms with Gasteiger partial charge in [-0.25, -0.2) is 9.66 Å². The second-order valence-corrected chi connectivity index (χ2v) is 5.33. The lowest BCUT2D eigenvalue weighted by Gasteiger charge is -2.10. The number of nitrogens with one attached hydrogen (secondary N) is 1. The third kappa shape index (κ3) is 2.78. The van der Waals surface area contributed by atoms with Crippen molar-refractivity contribution in [2.75, 3.05) is 5.43 Å². The van der Waals surface area contributed by atoms with Crippen LogP contribution in [0.3, 0.4) is 0 Å². The Morgan fingerprint density at radius 1 is 1.32 bits per heavy atom. The number of carbonyl (C=O) groups is 1. The molecule has 19 heavy (non-hydrogen) atoms. The maximum absolute atomic E-state index is 12.0. The van der Waals surface area contributed by atoms with Gasteiger partial charge in [0.2, 0.25) is 5.91 Å². The summed E-state index contributed by atoms with van der Waals surface area (Å²) in [5, 5.41) is 0. The minimum atomic E-state index is 0.0788. The number of benzene rings is 1. The zero-order valence-electron chi connectivity index (χ0n) is 11.0. The topological polar surface area (TPSA) is 46.9 Å². The number of nitrogens with zero attached hydrogens (tertiary/aromatic N) is 2. The largest absolute Gasteiger partial charge is 0.273 e. The highest BCUT2D eigenvalue weighted by molar-refractivity contribution is 5.86. The van der Waals surface area contributed by atoms with E-state index in [0.717, 1.165) is 23.4 Å². The number of hydrogen-bond donors (Lipinski definition) is 1. The molecular weight excluding hydrogens is 238 g/mol. The fourth-order valence-corrected chi connectivity index (χ4v) is 2.87. The standard InChI is InChI=1S/C15H19N3O/c19-15(10-9-12-5-1-2-6-12)17-18-11-16-13-7-3-4-8-14(13)18/h3-4,7-8,11-12H,1-2,5-6,9-10H2,(H,17,19). The molecule has 1 saturated carbocycles. The SMILES string of the molecule is O=C(CCC1CCCC1)Nn1cnc2ccccc21. The summed E-state index contributed by atoms with van der Waals surface area (Å²) in [7, 11) is 0. The van der Waals surface area contributed by atoms with Gasteiger partial charge in [0, 0.05) is 6.42 Å². The first-order valence-corrected chi connectivity index (χ1v) is 7.05. The van der Waals surface area contributed by atoms with Gasteiger partial charge in [-0.05, 0) is 24.5 Å². The number of fused-ring (bicyclic) bond motifs is 1. The quantitative estimate of drug-likeness (QED) is 0.915. The van der Waals surface area contributed by atoms with E-state index in [2.05, 4.69) is 10.4 Å². The molecule has 1 amide bonds. The number of amides is 1. The molecular formula is C15H19N3O. The Hall–Kier alpha value is -1.84. The summed E-state index contributed by atoms with van der Waals surface area (Å²) >= 11 is 0. The van der Waals surface area contributed by atoms with Gasteiger partial charge in [0.05, 0.1) is 11.0 Å². The number of carbonyl (C=O) groups excluding carboxylic acids is 1. The van der Waals surface area contributed by atoms with Crippen molar-refractivity contribution in [2.45, 2.75) is 38.5 Å². The highest BCUT2D eigenvalue weighted by Crippen LogP contribution is 2.28. The number of rotatable bonds is 4. The van der Waals surface area contributed by atoms with Crippen molar-refractivity contribution in [3.63, 3.8) is 0 Å². The smallest absolute Gasteiger partial charge is 0.238 e. The number of hydrogen-bond acceptors (Lipinski definition) is 2. The van der Waals surface area contributed by atoms with Gasteiger partial charge < -0.3 is 0 Å².